The molecule has 1 saturated heterocycles. The highest BCUT2D eigenvalue weighted by Gasteiger charge is 2.35. The number of ether oxygens (including phenoxy) is 2. The monoisotopic (exact) mass is 292 g/mol. The third-order valence-electron chi connectivity index (χ3n) is 4.30. The first-order chi connectivity index (χ1) is 10.0. The minimum Gasteiger partial charge on any atom is -0.495 e. The number of carbonyl (C=O) groups excluding carboxylic acids is 1. The SMILES string of the molecule is CCC1(CC)CN(C(=O)c2ccc(N)c(OC)c2)CCO1. The molecule has 0 radical (unpaired) electrons. The number of anilines is 1. The quantitative estimate of drug-likeness (QED) is 0.865. The molecule has 0 aliphatic carbocycles. The van der Waals surface area contributed by atoms with Gasteiger partial charge in [0.15, 0.2) is 0 Å². The summed E-state index contributed by atoms with van der Waals surface area (Å²) in [5.74, 6) is 0.536. The fraction of sp³-hybridized carbons (Fsp3) is 0.562. The lowest BCUT2D eigenvalue weighted by Gasteiger charge is -2.42. The Balaban J connectivity index is 2.19. The lowest BCUT2D eigenvalue weighted by molar-refractivity contribution is -0.103. The normalized spacial score (nSPS) is 17.6. The van der Waals surface area contributed by atoms with Crippen LogP contribution in [0.15, 0.2) is 18.2 Å². The van der Waals surface area contributed by atoms with E-state index in [4.69, 9.17) is 15.2 Å². The molecule has 5 heteroatoms. The van der Waals surface area contributed by atoms with Crippen LogP contribution in [0.2, 0.25) is 0 Å². The average Bonchev–Trinajstić information content (AvgIpc) is 2.54. The van der Waals surface area contributed by atoms with Gasteiger partial charge in [-0.15, -0.1) is 0 Å². The number of amides is 1. The van der Waals surface area contributed by atoms with Crippen LogP contribution in [0.3, 0.4) is 0 Å². The van der Waals surface area contributed by atoms with Crippen LogP contribution in [0.4, 0.5) is 5.69 Å². The predicted molar refractivity (Wildman–Crippen MR) is 82.6 cm³/mol. The van der Waals surface area contributed by atoms with Crippen molar-refractivity contribution in [1.82, 2.24) is 4.90 Å². The number of nitrogens with two attached hydrogens (primary N) is 1. The number of hydrogen-bond donors (Lipinski definition) is 1. The molecule has 1 heterocycles. The maximum atomic E-state index is 12.7. The maximum Gasteiger partial charge on any atom is 0.254 e. The van der Waals surface area contributed by atoms with E-state index in [0.29, 0.717) is 36.7 Å². The van der Waals surface area contributed by atoms with E-state index in [1.54, 1.807) is 25.3 Å². The number of carbonyl (C=O) groups is 1. The van der Waals surface area contributed by atoms with E-state index in [-0.39, 0.29) is 11.5 Å². The minimum atomic E-state index is -0.216. The molecule has 1 aliphatic heterocycles. The van der Waals surface area contributed by atoms with Gasteiger partial charge >= 0.3 is 0 Å². The maximum absolute atomic E-state index is 12.7. The second kappa shape index (κ2) is 6.35. The highest BCUT2D eigenvalue weighted by molar-refractivity contribution is 5.95. The van der Waals surface area contributed by atoms with E-state index in [2.05, 4.69) is 13.8 Å². The number of nitrogens with zero attached hydrogens (tertiary/aromatic N) is 1. The van der Waals surface area contributed by atoms with Crippen molar-refractivity contribution < 1.29 is 14.3 Å². The van der Waals surface area contributed by atoms with Gasteiger partial charge in [-0.05, 0) is 31.0 Å². The van der Waals surface area contributed by atoms with Gasteiger partial charge in [0.05, 0.1) is 31.5 Å². The molecule has 2 N–H and O–H groups in total. The predicted octanol–water partition coefficient (Wildman–Crippen LogP) is 2.31. The standard InChI is InChI=1S/C16H24N2O3/c1-4-16(5-2)11-18(8-9-21-16)15(19)12-6-7-13(17)14(10-12)20-3/h6-7,10H,4-5,8-9,11,17H2,1-3H3. The van der Waals surface area contributed by atoms with E-state index >= 15 is 0 Å². The van der Waals surface area contributed by atoms with Crippen molar-refractivity contribution in [2.75, 3.05) is 32.5 Å². The number of methoxy groups -OCH3 is 1. The Hall–Kier alpha value is -1.75. The molecule has 1 amide bonds. The largest absolute Gasteiger partial charge is 0.495 e. The first kappa shape index (κ1) is 15.6. The zero-order valence-corrected chi connectivity index (χ0v) is 13.0. The molecule has 1 fully saturated rings. The molecule has 1 aliphatic rings. The molecule has 116 valence electrons. The van der Waals surface area contributed by atoms with Gasteiger partial charge in [0.2, 0.25) is 0 Å². The van der Waals surface area contributed by atoms with Crippen LogP contribution in [0, 0.1) is 0 Å². The summed E-state index contributed by atoms with van der Waals surface area (Å²) in [5, 5.41) is 0. The molecule has 0 aromatic heterocycles. The Morgan fingerprint density at radius 1 is 1.43 bits per heavy atom. The van der Waals surface area contributed by atoms with Crippen LogP contribution in [0.25, 0.3) is 0 Å². The van der Waals surface area contributed by atoms with Crippen LogP contribution in [-0.4, -0.2) is 43.2 Å². The highest BCUT2D eigenvalue weighted by atomic mass is 16.5. The molecule has 0 saturated carbocycles. The summed E-state index contributed by atoms with van der Waals surface area (Å²) in [7, 11) is 1.55. The van der Waals surface area contributed by atoms with E-state index in [1.807, 2.05) is 4.90 Å². The smallest absolute Gasteiger partial charge is 0.254 e. The van der Waals surface area contributed by atoms with Gasteiger partial charge in [-0.3, -0.25) is 4.79 Å². The van der Waals surface area contributed by atoms with Crippen LogP contribution < -0.4 is 10.5 Å². The highest BCUT2D eigenvalue weighted by Crippen LogP contribution is 2.28. The van der Waals surface area contributed by atoms with Crippen molar-refractivity contribution in [3.05, 3.63) is 23.8 Å². The second-order valence-corrected chi connectivity index (χ2v) is 5.42. The molecular formula is C16H24N2O3. The minimum absolute atomic E-state index is 0.00266. The lowest BCUT2D eigenvalue weighted by atomic mass is 9.94. The molecule has 0 unspecified atom stereocenters. The Labute approximate surface area is 126 Å². The second-order valence-electron chi connectivity index (χ2n) is 5.42. The summed E-state index contributed by atoms with van der Waals surface area (Å²) in [5.41, 5.74) is 6.71. The Kier molecular flexibility index (Phi) is 4.73. The van der Waals surface area contributed by atoms with Gasteiger partial charge < -0.3 is 20.1 Å². The van der Waals surface area contributed by atoms with Crippen molar-refractivity contribution >= 4 is 11.6 Å². The van der Waals surface area contributed by atoms with Gasteiger partial charge in [-0.25, -0.2) is 0 Å². The number of morpholine rings is 1. The first-order valence-electron chi connectivity index (χ1n) is 7.42. The number of hydrogen-bond acceptors (Lipinski definition) is 4. The zero-order chi connectivity index (χ0) is 15.5. The summed E-state index contributed by atoms with van der Waals surface area (Å²) >= 11 is 0. The lowest BCUT2D eigenvalue weighted by Crippen LogP contribution is -2.53. The summed E-state index contributed by atoms with van der Waals surface area (Å²) in [6.07, 6.45) is 1.80. The number of nitrogen functional groups attached to an aromatic ring is 1. The molecule has 0 bridgehead atoms. The molecule has 1 aromatic carbocycles. The molecule has 2 rings (SSSR count). The van der Waals surface area contributed by atoms with Crippen LogP contribution in [0.5, 0.6) is 5.75 Å². The van der Waals surface area contributed by atoms with Gasteiger partial charge in [-0.1, -0.05) is 13.8 Å². The van der Waals surface area contributed by atoms with Gasteiger partial charge in [0.1, 0.15) is 5.75 Å². The molecule has 21 heavy (non-hydrogen) atoms. The summed E-state index contributed by atoms with van der Waals surface area (Å²) < 4.78 is 11.1. The van der Waals surface area contributed by atoms with Crippen molar-refractivity contribution in [3.63, 3.8) is 0 Å². The van der Waals surface area contributed by atoms with Crippen molar-refractivity contribution in [2.45, 2.75) is 32.3 Å². The molecule has 5 nitrogen and oxygen atoms in total. The Morgan fingerprint density at radius 3 is 2.76 bits per heavy atom. The van der Waals surface area contributed by atoms with E-state index < -0.39 is 0 Å². The fourth-order valence-electron chi connectivity index (χ4n) is 2.72. The summed E-state index contributed by atoms with van der Waals surface area (Å²) in [4.78, 5) is 14.5. The van der Waals surface area contributed by atoms with E-state index in [0.717, 1.165) is 12.8 Å². The fourth-order valence-corrected chi connectivity index (χ4v) is 2.72. The van der Waals surface area contributed by atoms with Crippen LogP contribution in [-0.2, 0) is 4.74 Å². The Morgan fingerprint density at radius 2 is 2.14 bits per heavy atom. The van der Waals surface area contributed by atoms with Crippen molar-refractivity contribution in [3.8, 4) is 5.75 Å². The van der Waals surface area contributed by atoms with Crippen LogP contribution >= 0.6 is 0 Å². The summed E-state index contributed by atoms with van der Waals surface area (Å²) in [6.45, 7) is 6.03. The topological polar surface area (TPSA) is 64.8 Å². The summed E-state index contributed by atoms with van der Waals surface area (Å²) in [6, 6.07) is 5.15. The molecular weight excluding hydrogens is 268 g/mol. The van der Waals surface area contributed by atoms with Crippen LogP contribution in [0.1, 0.15) is 37.0 Å². The average molecular weight is 292 g/mol. The van der Waals surface area contributed by atoms with Crippen molar-refractivity contribution in [1.29, 1.82) is 0 Å². The van der Waals surface area contributed by atoms with Gasteiger partial charge in [0.25, 0.3) is 5.91 Å². The third kappa shape index (κ3) is 3.13. The molecule has 0 atom stereocenters. The van der Waals surface area contributed by atoms with Gasteiger partial charge in [0, 0.05) is 12.1 Å². The van der Waals surface area contributed by atoms with E-state index in [1.165, 1.54) is 0 Å². The molecule has 0 spiro atoms. The Bertz CT molecular complexity index is 512. The number of benzene rings is 1. The van der Waals surface area contributed by atoms with Crippen molar-refractivity contribution in [2.24, 2.45) is 0 Å². The van der Waals surface area contributed by atoms with Gasteiger partial charge in [-0.2, -0.15) is 0 Å². The first-order valence-corrected chi connectivity index (χ1v) is 7.42. The number of rotatable bonds is 4. The zero-order valence-electron chi connectivity index (χ0n) is 13.0. The van der Waals surface area contributed by atoms with E-state index in [9.17, 15) is 4.79 Å². The third-order valence-corrected chi connectivity index (χ3v) is 4.30. The molecule has 1 aromatic rings.